The minimum Gasteiger partial charge on any atom is -0.496 e. The Kier molecular flexibility index (Phi) is 21.2. The molecule has 4 heterocycles. The number of nitrogens with one attached hydrogen (secondary N) is 6. The molecule has 24 heteroatoms. The molecule has 11 atom stereocenters. The van der Waals surface area contributed by atoms with E-state index in [0.717, 1.165) is 23.5 Å². The van der Waals surface area contributed by atoms with Crippen molar-refractivity contribution in [3.05, 3.63) is 23.3 Å². The van der Waals surface area contributed by atoms with E-state index in [-0.39, 0.29) is 48.2 Å². The maximum atomic E-state index is 15.2. The van der Waals surface area contributed by atoms with Gasteiger partial charge in [0.1, 0.15) is 28.9 Å². The van der Waals surface area contributed by atoms with Gasteiger partial charge in [-0.3, -0.25) is 47.4 Å². The van der Waals surface area contributed by atoms with Gasteiger partial charge >= 0.3 is 0 Å². The highest BCUT2D eigenvalue weighted by Gasteiger charge is 2.44. The van der Waals surface area contributed by atoms with Gasteiger partial charge in [0.2, 0.25) is 41.4 Å². The van der Waals surface area contributed by atoms with E-state index in [1.54, 1.807) is 37.7 Å². The summed E-state index contributed by atoms with van der Waals surface area (Å²) in [5.74, 6) is -10.8. The van der Waals surface area contributed by atoms with Crippen LogP contribution in [0.3, 0.4) is 0 Å². The number of aromatic nitrogens is 1. The summed E-state index contributed by atoms with van der Waals surface area (Å²) in [5.41, 5.74) is 12.7. The summed E-state index contributed by atoms with van der Waals surface area (Å²) in [4.78, 5) is 131. The van der Waals surface area contributed by atoms with E-state index in [0.29, 0.717) is 40.9 Å². The summed E-state index contributed by atoms with van der Waals surface area (Å²) in [6.07, 6.45) is -1.48. The van der Waals surface area contributed by atoms with Crippen molar-refractivity contribution < 1.29 is 62.3 Å². The Balaban J connectivity index is 1.79. The number of aliphatic hydroxyl groups is 2. The van der Waals surface area contributed by atoms with Crippen LogP contribution in [0.1, 0.15) is 83.8 Å². The molecule has 2 bridgehead atoms. The molecule has 398 valence electrons. The highest BCUT2D eigenvalue weighted by atomic mass is 32.2. The number of methoxy groups -OCH3 is 1. The fourth-order valence-corrected chi connectivity index (χ4v) is 11.9. The second-order valence-corrected chi connectivity index (χ2v) is 21.7. The van der Waals surface area contributed by atoms with Crippen molar-refractivity contribution in [1.82, 2.24) is 36.5 Å². The summed E-state index contributed by atoms with van der Waals surface area (Å²) in [6, 6.07) is -2.92. The van der Waals surface area contributed by atoms with E-state index >= 15 is 4.21 Å². The van der Waals surface area contributed by atoms with Crippen LogP contribution < -0.4 is 42.8 Å². The number of hydrogen-bond acceptors (Lipinski definition) is 15. The average Bonchev–Trinajstić information content (AvgIpc) is 3.93. The Hall–Kier alpha value is -5.43. The largest absolute Gasteiger partial charge is 0.496 e. The number of H-pyrrole nitrogens is 1. The third kappa shape index (κ3) is 14.4. The molecule has 0 radical (unpaired) electrons. The molecule has 1 aromatic carbocycles. The molecule has 0 aliphatic carbocycles. The fourth-order valence-electron chi connectivity index (χ4n) is 9.46. The molecule has 12 N–H and O–H groups in total. The number of Topliss-reactive ketones (excluding diaryl/α,β-unsaturated/α-hetero) is 2. The fraction of sp³-hybridized carbons (Fsp3) is 0.646. The molecule has 2 aromatic rings. The standard InChI is InChI=1S/C48H71N9O13S2/c1-6-25(3)30-16-28(59)18-51-43(64)27-14-31-29-9-10-38(70-5)32(22-71-12-8-7-11-49)42(29)56-47(31)72(69)23-34(53-40(63)19-52-44(30)65)45(66)54-33(17-39(50)62)48(68)57-20-24(2)13-35(57)46(67)55-41(36(60)15-27)26(4)37(61)21-58/h9-10,24-27,30,33-35,37,41,56,58,61H,6-8,11-23,49H2,1-5H3,(H2,50,62)(H,51,64)(H,52,65)(H,53,63)(H,54,66)(H,55,67)/t24-,25+,26+,27-,30+,33+,34+,35+,37+,41+,72?/m1/s1. The number of carbonyl (C=O) groups excluding carboxylic acids is 9. The molecular weight excluding hydrogens is 975 g/mol. The molecule has 0 saturated carbocycles. The van der Waals surface area contributed by atoms with E-state index in [4.69, 9.17) is 16.2 Å². The van der Waals surface area contributed by atoms with Crippen molar-refractivity contribution in [2.75, 3.05) is 51.4 Å². The van der Waals surface area contributed by atoms with Crippen LogP contribution in [0.4, 0.5) is 0 Å². The normalized spacial score (nSPS) is 26.9. The predicted molar refractivity (Wildman–Crippen MR) is 267 cm³/mol. The maximum absolute atomic E-state index is 15.2. The second kappa shape index (κ2) is 26.5. The zero-order valence-corrected chi connectivity index (χ0v) is 43.2. The van der Waals surface area contributed by atoms with Crippen LogP contribution >= 0.6 is 11.8 Å². The van der Waals surface area contributed by atoms with E-state index in [1.165, 1.54) is 14.0 Å². The third-order valence-corrected chi connectivity index (χ3v) is 16.4. The Labute approximate surface area is 425 Å². The number of unbranched alkanes of at least 4 members (excludes halogenated alkanes) is 1. The number of fused-ring (bicyclic) bond motifs is 5. The first kappa shape index (κ1) is 57.5. The van der Waals surface area contributed by atoms with Crippen molar-refractivity contribution in [2.45, 2.75) is 120 Å². The van der Waals surface area contributed by atoms with Crippen LogP contribution in [-0.2, 0) is 66.1 Å². The molecule has 7 amide bonds. The van der Waals surface area contributed by atoms with Crippen LogP contribution in [-0.4, -0.2) is 159 Å². The minimum atomic E-state index is -2.31. The summed E-state index contributed by atoms with van der Waals surface area (Å²) >= 11 is 1.59. The molecule has 3 aliphatic heterocycles. The molecule has 5 rings (SSSR count). The summed E-state index contributed by atoms with van der Waals surface area (Å²) < 4.78 is 20.9. The van der Waals surface area contributed by atoms with Crippen LogP contribution in [0.5, 0.6) is 5.75 Å². The number of nitrogens with zero attached hydrogens (tertiary/aromatic N) is 1. The third-order valence-electron chi connectivity index (χ3n) is 13.9. The number of nitrogens with two attached hydrogens (primary N) is 2. The monoisotopic (exact) mass is 1050 g/mol. The summed E-state index contributed by atoms with van der Waals surface area (Å²) in [7, 11) is -0.827. The van der Waals surface area contributed by atoms with E-state index in [2.05, 4.69) is 31.6 Å². The van der Waals surface area contributed by atoms with Crippen molar-refractivity contribution >= 4 is 86.4 Å². The van der Waals surface area contributed by atoms with Gasteiger partial charge in [0.25, 0.3) is 0 Å². The number of benzene rings is 1. The summed E-state index contributed by atoms with van der Waals surface area (Å²) in [6.45, 7) is 5.13. The van der Waals surface area contributed by atoms with Crippen molar-refractivity contribution in [1.29, 1.82) is 0 Å². The molecule has 22 nitrogen and oxygen atoms in total. The number of carbonyl (C=O) groups is 9. The average molecular weight is 1050 g/mol. The Morgan fingerprint density at radius 3 is 2.35 bits per heavy atom. The maximum Gasteiger partial charge on any atom is 0.246 e. The number of amides is 7. The zero-order valence-electron chi connectivity index (χ0n) is 41.5. The van der Waals surface area contributed by atoms with Gasteiger partial charge in [0, 0.05) is 53.8 Å². The van der Waals surface area contributed by atoms with Gasteiger partial charge < -0.3 is 62.9 Å². The van der Waals surface area contributed by atoms with Crippen molar-refractivity contribution in [3.8, 4) is 5.75 Å². The highest BCUT2D eigenvalue weighted by molar-refractivity contribution is 7.98. The van der Waals surface area contributed by atoms with Crippen LogP contribution in [0.25, 0.3) is 10.9 Å². The van der Waals surface area contributed by atoms with Gasteiger partial charge in [-0.25, -0.2) is 0 Å². The molecule has 3 aliphatic rings. The number of ether oxygens (including phenoxy) is 1. The van der Waals surface area contributed by atoms with Gasteiger partial charge in [0.05, 0.1) is 67.4 Å². The number of aromatic amines is 1. The first-order chi connectivity index (χ1) is 34.2. The number of thioether (sulfide) groups is 1. The SMILES string of the molecule is CC[C@H](C)[C@@H]1CC(=O)CNC(=O)[C@H]2CC(=O)[C@H]([C@@H](C)[C@@H](O)CO)NC(=O)[C@@H]3C[C@@H](C)CN3C(=O)[C@H](CC(N)=O)NC(=O)[C@H](CS(=O)c3[nH]c4c(CSCCCCN)c(OC)ccc4c3C2)NC(=O)CNC1=O. The Bertz CT molecular complexity index is 2380. The van der Waals surface area contributed by atoms with Gasteiger partial charge in [-0.2, -0.15) is 11.8 Å². The van der Waals surface area contributed by atoms with E-state index < -0.39 is 150 Å². The lowest BCUT2D eigenvalue weighted by molar-refractivity contribution is -0.143. The highest BCUT2D eigenvalue weighted by Crippen LogP contribution is 2.37. The molecule has 72 heavy (non-hydrogen) atoms. The first-order valence-corrected chi connectivity index (χ1v) is 26.9. The predicted octanol–water partition coefficient (Wildman–Crippen LogP) is -1.19. The minimum absolute atomic E-state index is 0.0134. The molecule has 1 unspecified atom stereocenters. The van der Waals surface area contributed by atoms with E-state index in [1.807, 2.05) is 6.92 Å². The van der Waals surface area contributed by atoms with Crippen molar-refractivity contribution in [3.63, 3.8) is 0 Å². The van der Waals surface area contributed by atoms with Gasteiger partial charge in [0.15, 0.2) is 11.6 Å². The van der Waals surface area contributed by atoms with Gasteiger partial charge in [-0.05, 0) is 67.5 Å². The summed E-state index contributed by atoms with van der Waals surface area (Å²) in [5, 5.41) is 34.4. The van der Waals surface area contributed by atoms with Crippen LogP contribution in [0, 0.1) is 29.6 Å². The second-order valence-electron chi connectivity index (χ2n) is 19.2. The topological polar surface area (TPSA) is 352 Å². The van der Waals surface area contributed by atoms with Crippen LogP contribution in [0.2, 0.25) is 0 Å². The van der Waals surface area contributed by atoms with Crippen molar-refractivity contribution in [2.24, 2.45) is 41.1 Å². The Morgan fingerprint density at radius 2 is 1.68 bits per heavy atom. The smallest absolute Gasteiger partial charge is 0.246 e. The molecule has 1 aromatic heterocycles. The molecule has 1 saturated heterocycles. The number of rotatable bonds is 14. The van der Waals surface area contributed by atoms with E-state index in [9.17, 15) is 53.4 Å². The number of ketones is 2. The molecule has 1 fully saturated rings. The zero-order chi connectivity index (χ0) is 53.0. The lowest BCUT2D eigenvalue weighted by atomic mass is 9.85. The van der Waals surface area contributed by atoms with Crippen LogP contribution in [0.15, 0.2) is 17.2 Å². The number of aliphatic hydroxyl groups excluding tert-OH is 2. The number of hydrogen-bond donors (Lipinski definition) is 10. The van der Waals surface area contributed by atoms with Gasteiger partial charge in [-0.15, -0.1) is 0 Å². The first-order valence-electron chi connectivity index (χ1n) is 24.5. The lowest BCUT2D eigenvalue weighted by Gasteiger charge is -2.32. The molecule has 0 spiro atoms. The lowest BCUT2D eigenvalue weighted by Crippen LogP contribution is -2.60. The Morgan fingerprint density at radius 1 is 0.958 bits per heavy atom. The number of primary amides is 1. The molecular formula is C48H71N9O13S2. The van der Waals surface area contributed by atoms with Gasteiger partial charge in [-0.1, -0.05) is 34.1 Å². The quantitative estimate of drug-likeness (QED) is 0.0995.